The lowest BCUT2D eigenvalue weighted by atomic mass is 9.87. The zero-order chi connectivity index (χ0) is 14.0. The summed E-state index contributed by atoms with van der Waals surface area (Å²) in [6.45, 7) is 10.3. The Morgan fingerprint density at radius 3 is 2.32 bits per heavy atom. The number of piperidine rings is 1. The van der Waals surface area contributed by atoms with Gasteiger partial charge in [0, 0.05) is 5.56 Å². The van der Waals surface area contributed by atoms with Crippen molar-refractivity contribution in [3.05, 3.63) is 34.9 Å². The molecular formula is C17H25NO. The lowest BCUT2D eigenvalue weighted by Crippen LogP contribution is -2.52. The van der Waals surface area contributed by atoms with Crippen LogP contribution < -0.4 is 0 Å². The number of benzene rings is 1. The fourth-order valence-corrected chi connectivity index (χ4v) is 2.99. The predicted octanol–water partition coefficient (Wildman–Crippen LogP) is 3.75. The number of likely N-dealkylation sites (tertiary alicyclic amines) is 1. The van der Waals surface area contributed by atoms with Crippen LogP contribution in [0.4, 0.5) is 0 Å². The summed E-state index contributed by atoms with van der Waals surface area (Å²) in [6.07, 6.45) is 3.72. The summed E-state index contributed by atoms with van der Waals surface area (Å²) in [5.74, 6) is 0.256. The summed E-state index contributed by atoms with van der Waals surface area (Å²) < 4.78 is 0. The molecule has 2 rings (SSSR count). The summed E-state index contributed by atoms with van der Waals surface area (Å²) in [7, 11) is 0. The van der Waals surface area contributed by atoms with Crippen molar-refractivity contribution in [2.24, 2.45) is 0 Å². The minimum atomic E-state index is -0.388. The van der Waals surface area contributed by atoms with E-state index in [2.05, 4.69) is 31.7 Å². The van der Waals surface area contributed by atoms with Crippen molar-refractivity contribution < 1.29 is 4.79 Å². The first kappa shape index (κ1) is 14.3. The van der Waals surface area contributed by atoms with Gasteiger partial charge in [0.25, 0.3) is 0 Å². The highest BCUT2D eigenvalue weighted by atomic mass is 16.1. The molecule has 1 aromatic carbocycles. The van der Waals surface area contributed by atoms with Crippen LogP contribution in [0.2, 0.25) is 0 Å². The first-order valence-electron chi connectivity index (χ1n) is 7.30. The smallest absolute Gasteiger partial charge is 0.182 e. The molecule has 0 radical (unpaired) electrons. The number of hydrogen-bond donors (Lipinski definition) is 0. The fourth-order valence-electron chi connectivity index (χ4n) is 2.99. The van der Waals surface area contributed by atoms with Gasteiger partial charge in [0.05, 0.1) is 5.54 Å². The first-order chi connectivity index (χ1) is 8.93. The molecule has 1 heterocycles. The van der Waals surface area contributed by atoms with Crippen molar-refractivity contribution >= 4 is 5.78 Å². The SMILES string of the molecule is Cc1ccc(C(=O)C(C)(C)N2CCCCC2)c(C)c1. The molecule has 1 aromatic rings. The maximum absolute atomic E-state index is 12.9. The van der Waals surface area contributed by atoms with Crippen LogP contribution in [0.1, 0.15) is 54.6 Å². The topological polar surface area (TPSA) is 20.3 Å². The minimum absolute atomic E-state index is 0.256. The van der Waals surface area contributed by atoms with Crippen molar-refractivity contribution in [1.29, 1.82) is 0 Å². The molecule has 1 saturated heterocycles. The summed E-state index contributed by atoms with van der Waals surface area (Å²) in [6, 6.07) is 6.12. The van der Waals surface area contributed by atoms with Gasteiger partial charge in [-0.2, -0.15) is 0 Å². The van der Waals surface area contributed by atoms with E-state index < -0.39 is 0 Å². The van der Waals surface area contributed by atoms with Gasteiger partial charge in [-0.1, -0.05) is 30.2 Å². The molecule has 0 spiro atoms. The Kier molecular flexibility index (Phi) is 4.10. The molecule has 0 saturated carbocycles. The van der Waals surface area contributed by atoms with Gasteiger partial charge in [0.2, 0.25) is 0 Å². The van der Waals surface area contributed by atoms with Crippen LogP contribution >= 0.6 is 0 Å². The van der Waals surface area contributed by atoms with Gasteiger partial charge < -0.3 is 0 Å². The van der Waals surface area contributed by atoms with Gasteiger partial charge in [0.1, 0.15) is 0 Å². The number of ketones is 1. The number of carbonyl (C=O) groups excluding carboxylic acids is 1. The van der Waals surface area contributed by atoms with Crippen LogP contribution in [0.25, 0.3) is 0 Å². The van der Waals surface area contributed by atoms with E-state index in [0.29, 0.717) is 0 Å². The molecule has 2 nitrogen and oxygen atoms in total. The Morgan fingerprint density at radius 1 is 1.11 bits per heavy atom. The Labute approximate surface area is 116 Å². The Morgan fingerprint density at radius 2 is 1.74 bits per heavy atom. The molecule has 1 aliphatic heterocycles. The molecular weight excluding hydrogens is 234 g/mol. The van der Waals surface area contributed by atoms with Crippen LogP contribution in [0.3, 0.4) is 0 Å². The minimum Gasteiger partial charge on any atom is -0.292 e. The van der Waals surface area contributed by atoms with Crippen molar-refractivity contribution in [1.82, 2.24) is 4.90 Å². The van der Waals surface area contributed by atoms with Crippen LogP contribution in [0.5, 0.6) is 0 Å². The highest BCUT2D eigenvalue weighted by molar-refractivity contribution is 6.03. The standard InChI is InChI=1S/C17H25NO/c1-13-8-9-15(14(2)12-13)16(19)17(3,4)18-10-6-5-7-11-18/h8-9,12H,5-7,10-11H2,1-4H3. The number of hydrogen-bond acceptors (Lipinski definition) is 2. The van der Waals surface area contributed by atoms with E-state index in [1.165, 1.54) is 24.8 Å². The van der Waals surface area contributed by atoms with E-state index in [1.54, 1.807) is 0 Å². The lowest BCUT2D eigenvalue weighted by molar-refractivity contribution is 0.0578. The first-order valence-corrected chi connectivity index (χ1v) is 7.30. The second-order valence-corrected chi connectivity index (χ2v) is 6.25. The second-order valence-electron chi connectivity index (χ2n) is 6.25. The molecule has 0 aromatic heterocycles. The molecule has 0 atom stereocenters. The summed E-state index contributed by atoms with van der Waals surface area (Å²) in [4.78, 5) is 15.2. The van der Waals surface area contributed by atoms with Gasteiger partial charge >= 0.3 is 0 Å². The molecule has 0 N–H and O–H groups in total. The van der Waals surface area contributed by atoms with Crippen molar-refractivity contribution in [3.63, 3.8) is 0 Å². The fraction of sp³-hybridized carbons (Fsp3) is 0.588. The van der Waals surface area contributed by atoms with E-state index in [1.807, 2.05) is 19.1 Å². The Bertz CT molecular complexity index is 470. The number of aryl methyl sites for hydroxylation is 2. The largest absolute Gasteiger partial charge is 0.292 e. The molecule has 1 fully saturated rings. The molecule has 19 heavy (non-hydrogen) atoms. The average Bonchev–Trinajstić information content (AvgIpc) is 2.39. The van der Waals surface area contributed by atoms with E-state index in [9.17, 15) is 4.79 Å². The van der Waals surface area contributed by atoms with Crippen molar-refractivity contribution in [2.45, 2.75) is 52.5 Å². The van der Waals surface area contributed by atoms with Crippen LogP contribution in [0.15, 0.2) is 18.2 Å². The normalized spacial score (nSPS) is 17.5. The third-order valence-corrected chi connectivity index (χ3v) is 4.33. The monoisotopic (exact) mass is 259 g/mol. The number of Topliss-reactive ketones (excluding diaryl/α,β-unsaturated/α-hetero) is 1. The highest BCUT2D eigenvalue weighted by Crippen LogP contribution is 2.26. The predicted molar refractivity (Wildman–Crippen MR) is 79.7 cm³/mol. The molecule has 1 aliphatic rings. The van der Waals surface area contributed by atoms with Gasteiger partial charge in [-0.3, -0.25) is 9.69 Å². The zero-order valence-electron chi connectivity index (χ0n) is 12.6. The number of nitrogens with zero attached hydrogens (tertiary/aromatic N) is 1. The molecule has 0 aliphatic carbocycles. The van der Waals surface area contributed by atoms with Crippen LogP contribution in [0, 0.1) is 13.8 Å². The lowest BCUT2D eigenvalue weighted by Gasteiger charge is -2.40. The third kappa shape index (κ3) is 2.89. The summed E-state index contributed by atoms with van der Waals surface area (Å²) in [5, 5.41) is 0. The number of rotatable bonds is 3. The summed E-state index contributed by atoms with van der Waals surface area (Å²) in [5.41, 5.74) is 2.79. The zero-order valence-corrected chi connectivity index (χ0v) is 12.6. The Hall–Kier alpha value is -1.15. The van der Waals surface area contributed by atoms with Crippen molar-refractivity contribution in [3.8, 4) is 0 Å². The van der Waals surface area contributed by atoms with Gasteiger partial charge in [0.15, 0.2) is 5.78 Å². The van der Waals surface area contributed by atoms with Crippen molar-refractivity contribution in [2.75, 3.05) is 13.1 Å². The van der Waals surface area contributed by atoms with E-state index in [0.717, 1.165) is 24.2 Å². The van der Waals surface area contributed by atoms with Gasteiger partial charge in [-0.05, 0) is 59.2 Å². The van der Waals surface area contributed by atoms with E-state index >= 15 is 0 Å². The number of carbonyl (C=O) groups is 1. The average molecular weight is 259 g/mol. The van der Waals surface area contributed by atoms with Gasteiger partial charge in [-0.15, -0.1) is 0 Å². The third-order valence-electron chi connectivity index (χ3n) is 4.33. The van der Waals surface area contributed by atoms with E-state index in [-0.39, 0.29) is 11.3 Å². The van der Waals surface area contributed by atoms with E-state index in [4.69, 9.17) is 0 Å². The molecule has 104 valence electrons. The quantitative estimate of drug-likeness (QED) is 0.771. The maximum Gasteiger partial charge on any atom is 0.182 e. The second kappa shape index (κ2) is 5.46. The molecule has 2 heteroatoms. The van der Waals surface area contributed by atoms with Gasteiger partial charge in [-0.25, -0.2) is 0 Å². The molecule has 0 amide bonds. The van der Waals surface area contributed by atoms with Crippen LogP contribution in [-0.2, 0) is 0 Å². The maximum atomic E-state index is 12.9. The Balaban J connectivity index is 2.26. The molecule has 0 bridgehead atoms. The van der Waals surface area contributed by atoms with Crippen LogP contribution in [-0.4, -0.2) is 29.3 Å². The summed E-state index contributed by atoms with van der Waals surface area (Å²) >= 11 is 0. The molecule has 0 unspecified atom stereocenters. The highest BCUT2D eigenvalue weighted by Gasteiger charge is 2.36.